The summed E-state index contributed by atoms with van der Waals surface area (Å²) in [6.07, 6.45) is 5.35. The molecule has 0 aliphatic heterocycles. The first-order chi connectivity index (χ1) is 5.59. The second-order valence-corrected chi connectivity index (χ2v) is 3.27. The maximum atomic E-state index is 13.4. The Labute approximate surface area is 79.0 Å². The molecule has 2 unspecified atom stereocenters. The second-order valence-electron chi connectivity index (χ2n) is 2.31. The highest BCUT2D eigenvalue weighted by atomic mass is 35.5. The van der Waals surface area contributed by atoms with Crippen molar-refractivity contribution < 1.29 is 9.60 Å². The van der Waals surface area contributed by atoms with Gasteiger partial charge in [-0.05, 0) is 6.08 Å². The Balaban J connectivity index is 2.93. The Hall–Kier alpha value is -0.540. The van der Waals surface area contributed by atoms with Gasteiger partial charge in [-0.2, -0.15) is 0 Å². The van der Waals surface area contributed by atoms with Crippen molar-refractivity contribution >= 4 is 29.4 Å². The van der Waals surface area contributed by atoms with E-state index in [4.69, 9.17) is 28.4 Å². The van der Waals surface area contributed by atoms with Crippen LogP contribution >= 0.6 is 23.2 Å². The van der Waals surface area contributed by atoms with Crippen LogP contribution in [0, 0.1) is 5.92 Å². The van der Waals surface area contributed by atoms with Crippen molar-refractivity contribution in [1.82, 2.24) is 0 Å². The smallest absolute Gasteiger partial charge is 0.230 e. The van der Waals surface area contributed by atoms with E-state index < -0.39 is 11.0 Å². The first kappa shape index (κ1) is 9.55. The third kappa shape index (κ3) is 1.62. The van der Waals surface area contributed by atoms with Crippen molar-refractivity contribution in [2.75, 3.05) is 0 Å². The molecule has 12 heavy (non-hydrogen) atoms. The Kier molecular flexibility index (Phi) is 2.75. The van der Waals surface area contributed by atoms with Crippen LogP contribution in [-0.4, -0.2) is 16.5 Å². The summed E-state index contributed by atoms with van der Waals surface area (Å²) in [4.78, 5) is 0. The van der Waals surface area contributed by atoms with Gasteiger partial charge < -0.3 is 5.21 Å². The van der Waals surface area contributed by atoms with Crippen LogP contribution in [0.25, 0.3) is 0 Å². The number of allylic oxidation sites excluding steroid dienone is 4. The van der Waals surface area contributed by atoms with Crippen LogP contribution in [0.2, 0.25) is 0 Å². The summed E-state index contributed by atoms with van der Waals surface area (Å²) in [5.74, 6) is -0.832. The average Bonchev–Trinajstić information content (AvgIpc) is 2.00. The van der Waals surface area contributed by atoms with Crippen molar-refractivity contribution in [1.29, 1.82) is 0 Å². The van der Waals surface area contributed by atoms with Gasteiger partial charge in [-0.3, -0.25) is 0 Å². The number of hydrogen-bond acceptors (Lipinski definition) is 2. The molecule has 0 aromatic carbocycles. The zero-order chi connectivity index (χ0) is 9.19. The lowest BCUT2D eigenvalue weighted by Crippen LogP contribution is -2.28. The monoisotopic (exact) mass is 209 g/mol. The number of nitrogens with zero attached hydrogens (tertiary/aromatic N) is 1. The third-order valence-corrected chi connectivity index (χ3v) is 2.48. The summed E-state index contributed by atoms with van der Waals surface area (Å²) in [6.45, 7) is 0. The molecule has 1 rings (SSSR count). The molecular weight excluding hydrogens is 204 g/mol. The van der Waals surface area contributed by atoms with E-state index in [2.05, 4.69) is 5.16 Å². The fourth-order valence-electron chi connectivity index (χ4n) is 0.866. The third-order valence-electron chi connectivity index (χ3n) is 1.53. The van der Waals surface area contributed by atoms with Crippen LogP contribution in [0.1, 0.15) is 0 Å². The maximum Gasteiger partial charge on any atom is 0.230 e. The number of halogens is 3. The van der Waals surface area contributed by atoms with Gasteiger partial charge in [0.1, 0.15) is 0 Å². The van der Waals surface area contributed by atoms with Gasteiger partial charge in [-0.25, -0.2) is 4.39 Å². The van der Waals surface area contributed by atoms with Gasteiger partial charge in [0, 0.05) is 0 Å². The largest absolute Gasteiger partial charge is 0.411 e. The van der Waals surface area contributed by atoms with Crippen LogP contribution in [0.15, 0.2) is 28.4 Å². The Morgan fingerprint density at radius 3 is 3.00 bits per heavy atom. The first-order valence-electron chi connectivity index (χ1n) is 3.19. The molecule has 1 aliphatic rings. The number of hydrogen-bond donors (Lipinski definition) is 1. The van der Waals surface area contributed by atoms with Crippen LogP contribution in [0.5, 0.6) is 0 Å². The SMILES string of the molecule is ON=CC1C=CC=C(Cl)C1(F)Cl. The second kappa shape index (κ2) is 3.46. The predicted molar refractivity (Wildman–Crippen MR) is 46.5 cm³/mol. The van der Waals surface area contributed by atoms with E-state index in [0.29, 0.717) is 0 Å². The van der Waals surface area contributed by atoms with E-state index >= 15 is 0 Å². The fourth-order valence-corrected chi connectivity index (χ4v) is 1.26. The molecule has 0 aromatic rings. The molecule has 5 heteroatoms. The average molecular weight is 210 g/mol. The van der Waals surface area contributed by atoms with Crippen molar-refractivity contribution in [2.45, 2.75) is 5.13 Å². The van der Waals surface area contributed by atoms with Gasteiger partial charge in [-0.1, -0.05) is 35.4 Å². The van der Waals surface area contributed by atoms with Crippen molar-refractivity contribution in [3.63, 3.8) is 0 Å². The lowest BCUT2D eigenvalue weighted by Gasteiger charge is -2.24. The molecular formula is C7H6Cl2FNO. The summed E-state index contributed by atoms with van der Waals surface area (Å²) in [7, 11) is 0. The topological polar surface area (TPSA) is 32.6 Å². The van der Waals surface area contributed by atoms with Gasteiger partial charge in [-0.15, -0.1) is 5.16 Å². The molecule has 0 radical (unpaired) electrons. The molecule has 0 aromatic heterocycles. The van der Waals surface area contributed by atoms with Crippen LogP contribution in [-0.2, 0) is 0 Å². The van der Waals surface area contributed by atoms with Crippen molar-refractivity contribution in [2.24, 2.45) is 11.1 Å². The summed E-state index contributed by atoms with van der Waals surface area (Å²) in [5, 5.41) is 8.58. The molecule has 0 saturated carbocycles. The van der Waals surface area contributed by atoms with E-state index in [0.717, 1.165) is 6.21 Å². The lowest BCUT2D eigenvalue weighted by atomic mass is 9.99. The standard InChI is InChI=1S/C7H6Cl2FNO/c8-6-3-1-2-5(4-11-12)7(6,9)10/h1-5,12H. The van der Waals surface area contributed by atoms with E-state index in [-0.39, 0.29) is 5.03 Å². The quantitative estimate of drug-likeness (QED) is 0.307. The molecule has 0 bridgehead atoms. The van der Waals surface area contributed by atoms with E-state index in [1.807, 2.05) is 0 Å². The van der Waals surface area contributed by atoms with Crippen LogP contribution in [0.4, 0.5) is 4.39 Å². The Morgan fingerprint density at radius 1 is 1.75 bits per heavy atom. The van der Waals surface area contributed by atoms with Crippen LogP contribution < -0.4 is 0 Å². The number of oxime groups is 1. The zero-order valence-corrected chi connectivity index (χ0v) is 7.43. The minimum atomic E-state index is -2.19. The Morgan fingerprint density at radius 2 is 2.42 bits per heavy atom. The molecule has 0 spiro atoms. The highest BCUT2D eigenvalue weighted by molar-refractivity contribution is 6.39. The molecule has 0 fully saturated rings. The van der Waals surface area contributed by atoms with Gasteiger partial charge in [0.25, 0.3) is 0 Å². The van der Waals surface area contributed by atoms with Gasteiger partial charge in [0.05, 0.1) is 17.2 Å². The minimum Gasteiger partial charge on any atom is -0.411 e. The lowest BCUT2D eigenvalue weighted by molar-refractivity contribution is 0.290. The van der Waals surface area contributed by atoms with E-state index in [9.17, 15) is 4.39 Å². The molecule has 2 atom stereocenters. The summed E-state index contributed by atoms with van der Waals surface area (Å²) < 4.78 is 13.4. The summed E-state index contributed by atoms with van der Waals surface area (Å²) in [5.41, 5.74) is 0. The molecule has 1 aliphatic carbocycles. The fraction of sp³-hybridized carbons (Fsp3) is 0.286. The normalized spacial score (nSPS) is 35.6. The maximum absolute atomic E-state index is 13.4. The first-order valence-corrected chi connectivity index (χ1v) is 3.94. The highest BCUT2D eigenvalue weighted by Gasteiger charge is 2.39. The van der Waals surface area contributed by atoms with Gasteiger partial charge >= 0.3 is 0 Å². The number of rotatable bonds is 1. The molecule has 66 valence electrons. The van der Waals surface area contributed by atoms with Crippen LogP contribution in [0.3, 0.4) is 0 Å². The van der Waals surface area contributed by atoms with Crippen molar-refractivity contribution in [3.8, 4) is 0 Å². The molecule has 0 amide bonds. The van der Waals surface area contributed by atoms with Gasteiger partial charge in [0.2, 0.25) is 5.13 Å². The molecule has 0 heterocycles. The number of alkyl halides is 2. The van der Waals surface area contributed by atoms with Crippen molar-refractivity contribution in [3.05, 3.63) is 23.3 Å². The zero-order valence-electron chi connectivity index (χ0n) is 5.92. The minimum absolute atomic E-state index is 0.114. The predicted octanol–water partition coefficient (Wildman–Crippen LogP) is 2.66. The van der Waals surface area contributed by atoms with E-state index in [1.165, 1.54) is 12.2 Å². The van der Waals surface area contributed by atoms with Gasteiger partial charge in [0.15, 0.2) is 0 Å². The summed E-state index contributed by atoms with van der Waals surface area (Å²) in [6, 6.07) is 0. The molecule has 2 nitrogen and oxygen atoms in total. The summed E-state index contributed by atoms with van der Waals surface area (Å²) >= 11 is 10.9. The molecule has 1 N–H and O–H groups in total. The highest BCUT2D eigenvalue weighted by Crippen LogP contribution is 2.39. The Bertz CT molecular complexity index is 260. The van der Waals surface area contributed by atoms with E-state index in [1.54, 1.807) is 6.08 Å². The molecule has 0 saturated heterocycles.